The molecule has 0 aliphatic carbocycles. The van der Waals surface area contributed by atoms with Crippen LogP contribution in [0.15, 0.2) is 42.5 Å². The van der Waals surface area contributed by atoms with Crippen LogP contribution < -0.4 is 10.1 Å². The minimum atomic E-state index is -0.311. The third-order valence-electron chi connectivity index (χ3n) is 4.92. The number of hydrogen-bond donors (Lipinski definition) is 1. The summed E-state index contributed by atoms with van der Waals surface area (Å²) in [5.41, 5.74) is 3.31. The van der Waals surface area contributed by atoms with Crippen molar-refractivity contribution in [3.05, 3.63) is 59.4 Å². The van der Waals surface area contributed by atoms with E-state index in [-0.39, 0.29) is 11.6 Å². The largest absolute Gasteiger partial charge is 0.494 e. The first-order chi connectivity index (χ1) is 13.1. The van der Waals surface area contributed by atoms with Crippen LogP contribution in [0.25, 0.3) is 0 Å². The van der Waals surface area contributed by atoms with E-state index in [0.29, 0.717) is 0 Å². The Morgan fingerprint density at radius 2 is 1.89 bits per heavy atom. The molecule has 3 rings (SSSR count). The molecule has 2 aromatic rings. The van der Waals surface area contributed by atoms with Crippen LogP contribution in [0.2, 0.25) is 0 Å². The minimum absolute atomic E-state index is 0.285. The van der Waals surface area contributed by atoms with Gasteiger partial charge in [-0.15, -0.1) is 0 Å². The van der Waals surface area contributed by atoms with E-state index in [1.54, 1.807) is 12.1 Å². The van der Waals surface area contributed by atoms with Gasteiger partial charge in [0.2, 0.25) is 0 Å². The molecule has 0 spiro atoms. The molecular formula is C21H26FN3OS. The maximum atomic E-state index is 13.9. The van der Waals surface area contributed by atoms with Crippen molar-refractivity contribution in [1.82, 2.24) is 9.80 Å². The van der Waals surface area contributed by atoms with Gasteiger partial charge in [-0.1, -0.05) is 31.2 Å². The van der Waals surface area contributed by atoms with Crippen LogP contribution in [0.5, 0.6) is 5.75 Å². The standard InChI is InChI=1S/C21H26FN3OS/c1-3-17-6-4-5-7-19(17)23-21(27)25-12-10-24(11-13-25)15-16-8-9-20(26-2)18(22)14-16/h4-9,14H,3,10-13,15H2,1-2H3,(H,23,27). The summed E-state index contributed by atoms with van der Waals surface area (Å²) in [6.07, 6.45) is 0.970. The summed E-state index contributed by atoms with van der Waals surface area (Å²) in [6.45, 7) is 6.38. The van der Waals surface area contributed by atoms with Crippen LogP contribution in [0.4, 0.5) is 10.1 Å². The lowest BCUT2D eigenvalue weighted by Crippen LogP contribution is -2.49. The Morgan fingerprint density at radius 1 is 1.15 bits per heavy atom. The number of nitrogens with zero attached hydrogens (tertiary/aromatic N) is 2. The van der Waals surface area contributed by atoms with E-state index in [1.165, 1.54) is 12.7 Å². The number of halogens is 1. The highest BCUT2D eigenvalue weighted by molar-refractivity contribution is 7.80. The maximum Gasteiger partial charge on any atom is 0.173 e. The monoisotopic (exact) mass is 387 g/mol. The zero-order valence-electron chi connectivity index (χ0n) is 15.9. The zero-order valence-corrected chi connectivity index (χ0v) is 16.7. The average molecular weight is 388 g/mol. The van der Waals surface area contributed by atoms with Crippen LogP contribution >= 0.6 is 12.2 Å². The van der Waals surface area contributed by atoms with E-state index in [0.717, 1.165) is 55.5 Å². The van der Waals surface area contributed by atoms with Gasteiger partial charge in [-0.3, -0.25) is 4.90 Å². The van der Waals surface area contributed by atoms with Gasteiger partial charge in [-0.2, -0.15) is 0 Å². The third kappa shape index (κ3) is 4.96. The van der Waals surface area contributed by atoms with E-state index in [9.17, 15) is 4.39 Å². The molecule has 0 bridgehead atoms. The van der Waals surface area contributed by atoms with Gasteiger partial charge in [0.15, 0.2) is 16.7 Å². The Balaban J connectivity index is 1.52. The Bertz CT molecular complexity index is 791. The molecule has 0 atom stereocenters. The van der Waals surface area contributed by atoms with Crippen molar-refractivity contribution in [2.24, 2.45) is 0 Å². The number of methoxy groups -OCH3 is 1. The fraction of sp³-hybridized carbons (Fsp3) is 0.381. The number of nitrogens with one attached hydrogen (secondary N) is 1. The predicted molar refractivity (Wildman–Crippen MR) is 112 cm³/mol. The van der Waals surface area contributed by atoms with Gasteiger partial charge in [0.25, 0.3) is 0 Å². The molecule has 144 valence electrons. The number of rotatable bonds is 5. The number of ether oxygens (including phenoxy) is 1. The zero-order chi connectivity index (χ0) is 19.2. The Hall–Kier alpha value is -2.18. The van der Waals surface area contributed by atoms with Gasteiger partial charge in [-0.25, -0.2) is 4.39 Å². The summed E-state index contributed by atoms with van der Waals surface area (Å²) in [5.74, 6) is -0.0269. The molecule has 0 amide bonds. The van der Waals surface area contributed by atoms with Crippen LogP contribution in [-0.4, -0.2) is 48.2 Å². The van der Waals surface area contributed by atoms with Gasteiger partial charge < -0.3 is 15.0 Å². The lowest BCUT2D eigenvalue weighted by molar-refractivity contribution is 0.176. The van der Waals surface area contributed by atoms with E-state index in [1.807, 2.05) is 18.2 Å². The molecule has 6 heteroatoms. The molecule has 1 aliphatic rings. The second kappa shape index (κ2) is 9.15. The van der Waals surface area contributed by atoms with Gasteiger partial charge >= 0.3 is 0 Å². The molecule has 1 N–H and O–H groups in total. The van der Waals surface area contributed by atoms with E-state index in [4.69, 9.17) is 17.0 Å². The normalized spacial score (nSPS) is 14.9. The lowest BCUT2D eigenvalue weighted by atomic mass is 10.1. The molecule has 0 aromatic heterocycles. The van der Waals surface area contributed by atoms with Gasteiger partial charge in [-0.05, 0) is 48.0 Å². The first kappa shape index (κ1) is 19.6. The first-order valence-corrected chi connectivity index (χ1v) is 9.70. The number of thiocarbonyl (C=S) groups is 1. The minimum Gasteiger partial charge on any atom is -0.494 e. The number of anilines is 1. The van der Waals surface area contributed by atoms with Crippen LogP contribution in [0, 0.1) is 5.82 Å². The van der Waals surface area contributed by atoms with Crippen molar-refractivity contribution in [3.8, 4) is 5.75 Å². The molecule has 4 nitrogen and oxygen atoms in total. The quantitative estimate of drug-likeness (QED) is 0.786. The summed E-state index contributed by atoms with van der Waals surface area (Å²) >= 11 is 5.61. The maximum absolute atomic E-state index is 13.9. The SMILES string of the molecule is CCc1ccccc1NC(=S)N1CCN(Cc2ccc(OC)c(F)c2)CC1. The molecule has 1 fully saturated rings. The Labute approximate surface area is 165 Å². The number of benzene rings is 2. The molecule has 0 saturated carbocycles. The molecule has 27 heavy (non-hydrogen) atoms. The van der Waals surface area contributed by atoms with Crippen molar-refractivity contribution in [1.29, 1.82) is 0 Å². The molecule has 1 heterocycles. The van der Waals surface area contributed by atoms with Crippen molar-refractivity contribution < 1.29 is 9.13 Å². The Kier molecular flexibility index (Phi) is 6.63. The summed E-state index contributed by atoms with van der Waals surface area (Å²) in [4.78, 5) is 4.52. The molecule has 0 radical (unpaired) electrons. The molecular weight excluding hydrogens is 361 g/mol. The van der Waals surface area contributed by atoms with Gasteiger partial charge in [0.05, 0.1) is 7.11 Å². The summed E-state index contributed by atoms with van der Waals surface area (Å²) in [6, 6.07) is 13.4. The van der Waals surface area contributed by atoms with Gasteiger partial charge in [0.1, 0.15) is 0 Å². The van der Waals surface area contributed by atoms with Crippen molar-refractivity contribution >= 4 is 23.0 Å². The number of piperazine rings is 1. The highest BCUT2D eigenvalue weighted by atomic mass is 32.1. The molecule has 1 saturated heterocycles. The fourth-order valence-electron chi connectivity index (χ4n) is 3.32. The van der Waals surface area contributed by atoms with Gasteiger partial charge in [0, 0.05) is 38.4 Å². The first-order valence-electron chi connectivity index (χ1n) is 9.29. The highest BCUT2D eigenvalue weighted by Crippen LogP contribution is 2.20. The summed E-state index contributed by atoms with van der Waals surface area (Å²) in [5, 5.41) is 4.16. The number of hydrogen-bond acceptors (Lipinski definition) is 3. The highest BCUT2D eigenvalue weighted by Gasteiger charge is 2.20. The smallest absolute Gasteiger partial charge is 0.173 e. The molecule has 1 aliphatic heterocycles. The van der Waals surface area contributed by atoms with Crippen LogP contribution in [-0.2, 0) is 13.0 Å². The second-order valence-corrected chi connectivity index (χ2v) is 7.06. The topological polar surface area (TPSA) is 27.7 Å². The predicted octanol–water partition coefficient (Wildman–Crippen LogP) is 3.91. The Morgan fingerprint density at radius 3 is 2.56 bits per heavy atom. The fourth-order valence-corrected chi connectivity index (χ4v) is 3.61. The van der Waals surface area contributed by atoms with Crippen LogP contribution in [0.1, 0.15) is 18.1 Å². The molecule has 0 unspecified atom stereocenters. The average Bonchev–Trinajstić information content (AvgIpc) is 2.69. The van der Waals surface area contributed by atoms with E-state index >= 15 is 0 Å². The summed E-state index contributed by atoms with van der Waals surface area (Å²) in [7, 11) is 1.48. The van der Waals surface area contributed by atoms with Crippen molar-refractivity contribution in [3.63, 3.8) is 0 Å². The van der Waals surface area contributed by atoms with Crippen molar-refractivity contribution in [2.45, 2.75) is 19.9 Å². The molecule has 2 aromatic carbocycles. The second-order valence-electron chi connectivity index (χ2n) is 6.67. The number of aryl methyl sites for hydroxylation is 1. The van der Waals surface area contributed by atoms with E-state index < -0.39 is 0 Å². The lowest BCUT2D eigenvalue weighted by Gasteiger charge is -2.36. The van der Waals surface area contributed by atoms with Crippen molar-refractivity contribution in [2.75, 3.05) is 38.6 Å². The number of para-hydroxylation sites is 1. The van der Waals surface area contributed by atoms with Crippen LogP contribution in [0.3, 0.4) is 0 Å². The third-order valence-corrected chi connectivity index (χ3v) is 5.28. The van der Waals surface area contributed by atoms with E-state index in [2.05, 4.69) is 34.2 Å². The summed E-state index contributed by atoms with van der Waals surface area (Å²) < 4.78 is 18.8.